The summed E-state index contributed by atoms with van der Waals surface area (Å²) in [4.78, 5) is 26.3. The molecular weight excluding hydrogens is 361 g/mol. The molecule has 0 bridgehead atoms. The summed E-state index contributed by atoms with van der Waals surface area (Å²) < 4.78 is 13.1. The third-order valence-electron chi connectivity index (χ3n) is 4.98. The van der Waals surface area contributed by atoms with Gasteiger partial charge in [-0.15, -0.1) is 0 Å². The summed E-state index contributed by atoms with van der Waals surface area (Å²) in [7, 11) is -3.73. The number of benzene rings is 2. The first-order chi connectivity index (χ1) is 12.9. The van der Waals surface area contributed by atoms with Crippen molar-refractivity contribution < 1.29 is 19.4 Å². The van der Waals surface area contributed by atoms with Crippen LogP contribution in [0.2, 0.25) is 0 Å². The van der Waals surface area contributed by atoms with Crippen LogP contribution in [0.25, 0.3) is 10.9 Å². The Balaban J connectivity index is 2.05. The number of hydrogen-bond acceptors (Lipinski definition) is 2. The van der Waals surface area contributed by atoms with Crippen LogP contribution in [0.5, 0.6) is 0 Å². The van der Waals surface area contributed by atoms with Gasteiger partial charge in [0.2, 0.25) is 7.37 Å². The molecule has 1 heterocycles. The normalized spacial score (nSPS) is 15.9. The van der Waals surface area contributed by atoms with Crippen molar-refractivity contribution in [1.29, 1.82) is 0 Å². The van der Waals surface area contributed by atoms with Crippen LogP contribution >= 0.6 is 7.37 Å². The molecule has 27 heavy (non-hydrogen) atoms. The fourth-order valence-corrected chi connectivity index (χ4v) is 6.03. The number of fused-ring (bicyclic) bond motifs is 1. The predicted molar refractivity (Wildman–Crippen MR) is 107 cm³/mol. The van der Waals surface area contributed by atoms with E-state index in [2.05, 4.69) is 4.98 Å². The van der Waals surface area contributed by atoms with Gasteiger partial charge in [0.1, 0.15) is 5.41 Å². The first-order valence-electron chi connectivity index (χ1n) is 9.03. The molecule has 0 saturated heterocycles. The molecule has 142 valence electrons. The minimum Gasteiger partial charge on any atom is -0.481 e. The summed E-state index contributed by atoms with van der Waals surface area (Å²) >= 11 is 0. The number of carbonyl (C=O) groups is 1. The van der Waals surface area contributed by atoms with Crippen LogP contribution in [0, 0.1) is 0 Å². The molecule has 2 atom stereocenters. The third kappa shape index (κ3) is 4.00. The number of hydrogen-bond donors (Lipinski definition) is 3. The van der Waals surface area contributed by atoms with E-state index >= 15 is 0 Å². The maximum Gasteiger partial charge on any atom is 0.314 e. The van der Waals surface area contributed by atoms with Gasteiger partial charge in [-0.2, -0.15) is 0 Å². The highest BCUT2D eigenvalue weighted by Gasteiger charge is 2.46. The second kappa shape index (κ2) is 7.71. The highest BCUT2D eigenvalue weighted by atomic mass is 31.2. The molecule has 0 fully saturated rings. The second-order valence-corrected chi connectivity index (χ2v) is 9.36. The van der Waals surface area contributed by atoms with Crippen LogP contribution in [0.4, 0.5) is 0 Å². The lowest BCUT2D eigenvalue weighted by Gasteiger charge is -2.31. The van der Waals surface area contributed by atoms with E-state index < -0.39 is 18.8 Å². The van der Waals surface area contributed by atoms with Crippen LogP contribution in [-0.2, 0) is 20.9 Å². The standard InChI is InChI=1S/C21H24NO4P/c1-2-12-21(20(23)24,18-13-22-19-11-7-6-10-17(18)19)15-27(25,26)14-16-8-4-3-5-9-16/h3-11,13,22H,2,12,14-15H2,1H3,(H,23,24)(H,25,26). The maximum atomic E-state index is 13.1. The Hall–Kier alpha value is -2.36. The highest BCUT2D eigenvalue weighted by molar-refractivity contribution is 7.57. The fraction of sp³-hybridized carbons (Fsp3) is 0.286. The van der Waals surface area contributed by atoms with E-state index in [1.54, 1.807) is 18.3 Å². The van der Waals surface area contributed by atoms with Gasteiger partial charge in [-0.25, -0.2) is 0 Å². The quantitative estimate of drug-likeness (QED) is 0.488. The average molecular weight is 385 g/mol. The van der Waals surface area contributed by atoms with Gasteiger partial charge in [-0.05, 0) is 23.6 Å². The van der Waals surface area contributed by atoms with Gasteiger partial charge < -0.3 is 15.0 Å². The number of carboxylic acids is 1. The van der Waals surface area contributed by atoms with Gasteiger partial charge >= 0.3 is 5.97 Å². The SMILES string of the molecule is CCCC(CP(=O)(O)Cc1ccccc1)(C(=O)O)c1c[nH]c2ccccc12. The molecule has 3 N–H and O–H groups in total. The summed E-state index contributed by atoms with van der Waals surface area (Å²) in [5.41, 5.74) is 0.728. The van der Waals surface area contributed by atoms with Crippen LogP contribution in [0.3, 0.4) is 0 Å². The number of carboxylic acid groups (broad SMARTS) is 1. The monoisotopic (exact) mass is 385 g/mol. The van der Waals surface area contributed by atoms with Crippen LogP contribution in [0.1, 0.15) is 30.9 Å². The first-order valence-corrected chi connectivity index (χ1v) is 11.1. The van der Waals surface area contributed by atoms with Crippen molar-refractivity contribution in [2.24, 2.45) is 0 Å². The summed E-state index contributed by atoms with van der Waals surface area (Å²) in [6.45, 7) is 1.89. The van der Waals surface area contributed by atoms with E-state index in [1.165, 1.54) is 0 Å². The molecular formula is C21H24NO4P. The predicted octanol–water partition coefficient (Wildman–Crippen LogP) is 4.76. The Morgan fingerprint density at radius 1 is 1.11 bits per heavy atom. The summed E-state index contributed by atoms with van der Waals surface area (Å²) in [6, 6.07) is 16.5. The Kier molecular flexibility index (Phi) is 5.54. The number of aromatic nitrogens is 1. The van der Waals surface area contributed by atoms with E-state index in [9.17, 15) is 19.4 Å². The van der Waals surface area contributed by atoms with Gasteiger partial charge in [0.25, 0.3) is 0 Å². The van der Waals surface area contributed by atoms with Crippen molar-refractivity contribution in [2.45, 2.75) is 31.3 Å². The third-order valence-corrected chi connectivity index (χ3v) is 6.87. The Morgan fingerprint density at radius 2 is 1.78 bits per heavy atom. The molecule has 2 unspecified atom stereocenters. The number of H-pyrrole nitrogens is 1. The average Bonchev–Trinajstić information content (AvgIpc) is 3.06. The fourth-order valence-electron chi connectivity index (χ4n) is 3.83. The van der Waals surface area contributed by atoms with Crippen molar-refractivity contribution >= 4 is 24.2 Å². The zero-order valence-electron chi connectivity index (χ0n) is 15.3. The van der Waals surface area contributed by atoms with Crippen molar-refractivity contribution in [3.63, 3.8) is 0 Å². The van der Waals surface area contributed by atoms with Gasteiger partial charge in [-0.1, -0.05) is 61.9 Å². The molecule has 0 aliphatic heterocycles. The molecule has 2 aromatic carbocycles. The maximum absolute atomic E-state index is 13.1. The Bertz CT molecular complexity index is 982. The molecule has 6 heteroatoms. The van der Waals surface area contributed by atoms with Crippen LogP contribution < -0.4 is 0 Å². The van der Waals surface area contributed by atoms with Crippen LogP contribution in [0.15, 0.2) is 60.8 Å². The number of rotatable bonds is 8. The van der Waals surface area contributed by atoms with Crippen molar-refractivity contribution in [1.82, 2.24) is 4.98 Å². The van der Waals surface area contributed by atoms with E-state index in [4.69, 9.17) is 0 Å². The summed E-state index contributed by atoms with van der Waals surface area (Å²) in [5.74, 6) is -1.06. The lowest BCUT2D eigenvalue weighted by Crippen LogP contribution is -2.39. The molecule has 0 amide bonds. The van der Waals surface area contributed by atoms with Crippen LogP contribution in [-0.4, -0.2) is 27.1 Å². The summed E-state index contributed by atoms with van der Waals surface area (Å²) in [6.07, 6.45) is 2.24. The Morgan fingerprint density at radius 3 is 2.44 bits per heavy atom. The van der Waals surface area contributed by atoms with E-state index in [1.807, 2.05) is 49.4 Å². The zero-order chi connectivity index (χ0) is 19.5. The second-order valence-electron chi connectivity index (χ2n) is 7.03. The molecule has 3 aromatic rings. The lowest BCUT2D eigenvalue weighted by atomic mass is 9.78. The Labute approximate surface area is 158 Å². The number of nitrogens with one attached hydrogen (secondary N) is 1. The largest absolute Gasteiger partial charge is 0.481 e. The topological polar surface area (TPSA) is 90.4 Å². The molecule has 0 aliphatic carbocycles. The van der Waals surface area contributed by atoms with Gasteiger partial charge in [0, 0.05) is 29.4 Å². The molecule has 5 nitrogen and oxygen atoms in total. The van der Waals surface area contributed by atoms with E-state index in [-0.39, 0.29) is 12.3 Å². The highest BCUT2D eigenvalue weighted by Crippen LogP contribution is 2.52. The van der Waals surface area contributed by atoms with Crippen molar-refractivity contribution in [3.05, 3.63) is 71.9 Å². The number of para-hydroxylation sites is 1. The minimum absolute atomic E-state index is 0.0328. The lowest BCUT2D eigenvalue weighted by molar-refractivity contribution is -0.143. The zero-order valence-corrected chi connectivity index (χ0v) is 16.2. The molecule has 3 rings (SSSR count). The van der Waals surface area contributed by atoms with E-state index in [0.29, 0.717) is 18.4 Å². The first kappa shape index (κ1) is 19.4. The van der Waals surface area contributed by atoms with Gasteiger partial charge in [0.15, 0.2) is 0 Å². The van der Waals surface area contributed by atoms with Gasteiger partial charge in [-0.3, -0.25) is 9.36 Å². The smallest absolute Gasteiger partial charge is 0.314 e. The van der Waals surface area contributed by atoms with Gasteiger partial charge in [0.05, 0.1) is 0 Å². The molecule has 1 aromatic heterocycles. The molecule has 0 aliphatic rings. The van der Waals surface area contributed by atoms with Crippen molar-refractivity contribution in [2.75, 3.05) is 6.16 Å². The molecule has 0 spiro atoms. The number of aromatic amines is 1. The molecule has 0 radical (unpaired) electrons. The van der Waals surface area contributed by atoms with E-state index in [0.717, 1.165) is 16.5 Å². The summed E-state index contributed by atoms with van der Waals surface area (Å²) in [5, 5.41) is 11.0. The van der Waals surface area contributed by atoms with Crippen molar-refractivity contribution in [3.8, 4) is 0 Å². The molecule has 0 saturated carbocycles. The minimum atomic E-state index is -3.73. The number of aliphatic carboxylic acids is 1.